The summed E-state index contributed by atoms with van der Waals surface area (Å²) < 4.78 is 0.468. The summed E-state index contributed by atoms with van der Waals surface area (Å²) in [7, 11) is 0. The van der Waals surface area contributed by atoms with Gasteiger partial charge in [-0.05, 0) is 37.5 Å². The van der Waals surface area contributed by atoms with E-state index in [0.717, 1.165) is 12.8 Å². The Hall–Kier alpha value is 0.110. The van der Waals surface area contributed by atoms with E-state index in [9.17, 15) is 4.79 Å². The molecular formula is C14H20OS2. The molecule has 2 unspecified atom stereocenters. The zero-order valence-electron chi connectivity index (χ0n) is 10.4. The highest BCUT2D eigenvalue weighted by Crippen LogP contribution is 2.61. The van der Waals surface area contributed by atoms with E-state index in [1.807, 2.05) is 0 Å². The van der Waals surface area contributed by atoms with Crippen LogP contribution >= 0.6 is 23.5 Å². The van der Waals surface area contributed by atoms with E-state index in [-0.39, 0.29) is 11.3 Å². The van der Waals surface area contributed by atoms with E-state index in [1.54, 1.807) is 5.57 Å². The molecule has 0 aromatic carbocycles. The lowest BCUT2D eigenvalue weighted by molar-refractivity contribution is -0.114. The summed E-state index contributed by atoms with van der Waals surface area (Å²) in [6.07, 6.45) is 9.57. The maximum Gasteiger partial charge on any atom is 0.123 e. The highest BCUT2D eigenvalue weighted by atomic mass is 32.2. The van der Waals surface area contributed by atoms with Crippen molar-refractivity contribution >= 4 is 29.8 Å². The Labute approximate surface area is 112 Å². The Morgan fingerprint density at radius 3 is 2.82 bits per heavy atom. The maximum atomic E-state index is 11.3. The molecule has 2 aliphatic carbocycles. The van der Waals surface area contributed by atoms with Crippen molar-refractivity contribution in [1.82, 2.24) is 0 Å². The molecule has 1 spiro atoms. The third-order valence-corrected chi connectivity index (χ3v) is 8.41. The molecule has 0 N–H and O–H groups in total. The van der Waals surface area contributed by atoms with Gasteiger partial charge in [0.2, 0.25) is 0 Å². The van der Waals surface area contributed by atoms with Gasteiger partial charge >= 0.3 is 0 Å². The Morgan fingerprint density at radius 2 is 2.12 bits per heavy atom. The number of carbonyl (C=O) groups excluding carboxylic acids is 1. The molecule has 2 atom stereocenters. The Bertz CT molecular complexity index is 357. The van der Waals surface area contributed by atoms with E-state index in [1.165, 1.54) is 37.1 Å². The number of aldehydes is 1. The van der Waals surface area contributed by atoms with Crippen molar-refractivity contribution in [3.63, 3.8) is 0 Å². The summed E-state index contributed by atoms with van der Waals surface area (Å²) >= 11 is 4.33. The first kappa shape index (κ1) is 12.2. The van der Waals surface area contributed by atoms with Crippen LogP contribution in [0.25, 0.3) is 0 Å². The van der Waals surface area contributed by atoms with Gasteiger partial charge in [-0.1, -0.05) is 18.6 Å². The molecule has 2 fully saturated rings. The third-order valence-electron chi connectivity index (χ3n) is 4.88. The van der Waals surface area contributed by atoms with Gasteiger partial charge in [0.05, 0.1) is 4.08 Å². The molecule has 1 aliphatic heterocycles. The normalized spacial score (nSPS) is 39.8. The third kappa shape index (κ3) is 1.90. The van der Waals surface area contributed by atoms with E-state index in [4.69, 9.17) is 0 Å². The summed E-state index contributed by atoms with van der Waals surface area (Å²) in [5, 5.41) is 0. The van der Waals surface area contributed by atoms with E-state index < -0.39 is 0 Å². The second kappa shape index (κ2) is 4.34. The number of rotatable bonds is 1. The summed E-state index contributed by atoms with van der Waals surface area (Å²) in [4.78, 5) is 11.3. The molecule has 1 saturated heterocycles. The molecule has 1 heterocycles. The van der Waals surface area contributed by atoms with Crippen molar-refractivity contribution in [3.8, 4) is 0 Å². The molecule has 1 nitrogen and oxygen atoms in total. The summed E-state index contributed by atoms with van der Waals surface area (Å²) in [6.45, 7) is 2.33. The predicted octanol–water partition coefficient (Wildman–Crippen LogP) is 3.89. The molecule has 0 aromatic heterocycles. The fraction of sp³-hybridized carbons (Fsp3) is 0.786. The van der Waals surface area contributed by atoms with E-state index in [0.29, 0.717) is 4.08 Å². The van der Waals surface area contributed by atoms with Gasteiger partial charge in [-0.15, -0.1) is 23.5 Å². The summed E-state index contributed by atoms with van der Waals surface area (Å²) in [5.74, 6) is 2.90. The van der Waals surface area contributed by atoms with Crippen LogP contribution in [0.4, 0.5) is 0 Å². The molecule has 3 rings (SSSR count). The molecule has 17 heavy (non-hydrogen) atoms. The van der Waals surface area contributed by atoms with Gasteiger partial charge in [-0.3, -0.25) is 0 Å². The average Bonchev–Trinajstić information content (AvgIpc) is 2.78. The van der Waals surface area contributed by atoms with Crippen molar-refractivity contribution in [1.29, 1.82) is 0 Å². The zero-order valence-corrected chi connectivity index (χ0v) is 12.0. The van der Waals surface area contributed by atoms with Gasteiger partial charge in [0.25, 0.3) is 0 Å². The quantitative estimate of drug-likeness (QED) is 0.530. The number of hydrogen-bond acceptors (Lipinski definition) is 3. The second-order valence-corrected chi connectivity index (χ2v) is 8.97. The maximum absolute atomic E-state index is 11.3. The molecule has 0 bridgehead atoms. The van der Waals surface area contributed by atoms with Crippen LogP contribution in [0.1, 0.15) is 39.0 Å². The lowest BCUT2D eigenvalue weighted by atomic mass is 9.60. The lowest BCUT2D eigenvalue weighted by Crippen LogP contribution is -2.41. The minimum atomic E-state index is 0.189. The standard InChI is InChI=1S/C14H20OS2/c1-13-5-6-14(16-7-8-17-14)9-11(13)3-2-4-12(13)10-15/h3,10,12H,2,4-9H2,1H3. The Balaban J connectivity index is 1.88. The van der Waals surface area contributed by atoms with Crippen molar-refractivity contribution in [2.24, 2.45) is 11.3 Å². The fourth-order valence-electron chi connectivity index (χ4n) is 3.64. The van der Waals surface area contributed by atoms with Crippen LogP contribution in [-0.2, 0) is 4.79 Å². The molecule has 0 radical (unpaired) electrons. The van der Waals surface area contributed by atoms with Crippen LogP contribution in [0, 0.1) is 11.3 Å². The van der Waals surface area contributed by atoms with Gasteiger partial charge in [0, 0.05) is 17.4 Å². The molecule has 3 heteroatoms. The van der Waals surface area contributed by atoms with Gasteiger partial charge < -0.3 is 4.79 Å². The molecule has 1 saturated carbocycles. The van der Waals surface area contributed by atoms with E-state index in [2.05, 4.69) is 36.5 Å². The van der Waals surface area contributed by atoms with Crippen molar-refractivity contribution < 1.29 is 4.79 Å². The summed E-state index contributed by atoms with van der Waals surface area (Å²) in [6, 6.07) is 0. The van der Waals surface area contributed by atoms with Gasteiger partial charge in [0.1, 0.15) is 6.29 Å². The van der Waals surface area contributed by atoms with Gasteiger partial charge in [-0.25, -0.2) is 0 Å². The minimum Gasteiger partial charge on any atom is -0.303 e. The fourth-order valence-corrected chi connectivity index (χ4v) is 6.89. The van der Waals surface area contributed by atoms with Crippen LogP contribution in [-0.4, -0.2) is 21.9 Å². The average molecular weight is 268 g/mol. The van der Waals surface area contributed by atoms with Crippen LogP contribution in [0.15, 0.2) is 11.6 Å². The topological polar surface area (TPSA) is 17.1 Å². The number of hydrogen-bond donors (Lipinski definition) is 0. The van der Waals surface area contributed by atoms with Crippen molar-refractivity contribution in [2.45, 2.75) is 43.1 Å². The van der Waals surface area contributed by atoms with E-state index >= 15 is 0 Å². The SMILES string of the molecule is CC12CCC3(CC1=CCCC2C=O)SCCS3. The number of thioether (sulfide) groups is 2. The molecule has 0 amide bonds. The predicted molar refractivity (Wildman–Crippen MR) is 76.5 cm³/mol. The lowest BCUT2D eigenvalue weighted by Gasteiger charge is -2.49. The van der Waals surface area contributed by atoms with Gasteiger partial charge in [0.15, 0.2) is 0 Å². The molecule has 94 valence electrons. The first-order valence-electron chi connectivity index (χ1n) is 6.61. The number of carbonyl (C=O) groups is 1. The zero-order chi connectivity index (χ0) is 11.9. The molecule has 0 aromatic rings. The Kier molecular flexibility index (Phi) is 3.10. The largest absolute Gasteiger partial charge is 0.303 e. The Morgan fingerprint density at radius 1 is 1.35 bits per heavy atom. The van der Waals surface area contributed by atoms with Crippen LogP contribution < -0.4 is 0 Å². The first-order valence-corrected chi connectivity index (χ1v) is 8.58. The van der Waals surface area contributed by atoms with Crippen LogP contribution in [0.3, 0.4) is 0 Å². The first-order chi connectivity index (χ1) is 8.19. The van der Waals surface area contributed by atoms with Gasteiger partial charge in [-0.2, -0.15) is 0 Å². The molecular weight excluding hydrogens is 248 g/mol. The minimum absolute atomic E-state index is 0.189. The van der Waals surface area contributed by atoms with Crippen LogP contribution in [0.2, 0.25) is 0 Å². The highest BCUT2D eigenvalue weighted by molar-refractivity contribution is 8.21. The monoisotopic (exact) mass is 268 g/mol. The smallest absolute Gasteiger partial charge is 0.123 e. The van der Waals surface area contributed by atoms with Crippen LogP contribution in [0.5, 0.6) is 0 Å². The van der Waals surface area contributed by atoms with Crippen molar-refractivity contribution in [2.75, 3.05) is 11.5 Å². The number of allylic oxidation sites excluding steroid dienone is 2. The summed E-state index contributed by atoms with van der Waals surface area (Å²) in [5.41, 5.74) is 1.78. The number of fused-ring (bicyclic) bond motifs is 1. The van der Waals surface area contributed by atoms with Crippen molar-refractivity contribution in [3.05, 3.63) is 11.6 Å². The molecule has 3 aliphatic rings. The second-order valence-electron chi connectivity index (χ2n) is 5.75. The highest BCUT2D eigenvalue weighted by Gasteiger charge is 2.49.